The molecule has 0 spiro atoms. The van der Waals surface area contributed by atoms with Crippen molar-refractivity contribution in [3.05, 3.63) is 24.0 Å². The Bertz CT molecular complexity index is 568. The molecule has 1 N–H and O–H groups in total. The highest BCUT2D eigenvalue weighted by Gasteiger charge is 2.17. The standard InChI is InChI=1S/C16H22F2N2O/c1-3-5-8-11(7-4-2)15-19-12-9-6-10-13(14(12)20-15)21-16(17)18/h6,9-11,16H,3-5,7-8H2,1-2H3,(H,19,20). The fraction of sp³-hybridized carbons (Fsp3) is 0.562. The second-order valence-electron chi connectivity index (χ2n) is 5.28. The Labute approximate surface area is 123 Å². The van der Waals surface area contributed by atoms with Gasteiger partial charge in [0, 0.05) is 5.92 Å². The monoisotopic (exact) mass is 296 g/mol. The lowest BCUT2D eigenvalue weighted by Gasteiger charge is -2.12. The average molecular weight is 296 g/mol. The van der Waals surface area contributed by atoms with Crippen LogP contribution in [0.25, 0.3) is 11.0 Å². The lowest BCUT2D eigenvalue weighted by atomic mass is 9.96. The van der Waals surface area contributed by atoms with Crippen LogP contribution in [0.5, 0.6) is 5.75 Å². The number of hydrogen-bond acceptors (Lipinski definition) is 2. The number of nitrogens with one attached hydrogen (secondary N) is 1. The molecule has 0 aliphatic carbocycles. The Morgan fingerprint density at radius 2 is 2.00 bits per heavy atom. The molecule has 1 heterocycles. The molecule has 0 bridgehead atoms. The number of imidazole rings is 1. The van der Waals surface area contributed by atoms with Gasteiger partial charge in [-0.3, -0.25) is 0 Å². The maximum Gasteiger partial charge on any atom is 0.387 e. The van der Waals surface area contributed by atoms with Crippen LogP contribution < -0.4 is 4.74 Å². The number of H-pyrrole nitrogens is 1. The highest BCUT2D eigenvalue weighted by Crippen LogP contribution is 2.30. The van der Waals surface area contributed by atoms with E-state index in [0.29, 0.717) is 11.4 Å². The number of fused-ring (bicyclic) bond motifs is 1. The van der Waals surface area contributed by atoms with E-state index in [1.165, 1.54) is 6.07 Å². The summed E-state index contributed by atoms with van der Waals surface area (Å²) in [4.78, 5) is 7.79. The van der Waals surface area contributed by atoms with Crippen LogP contribution in [0, 0.1) is 0 Å². The highest BCUT2D eigenvalue weighted by atomic mass is 19.3. The second-order valence-corrected chi connectivity index (χ2v) is 5.28. The van der Waals surface area contributed by atoms with E-state index in [9.17, 15) is 8.78 Å². The van der Waals surface area contributed by atoms with Gasteiger partial charge in [0.1, 0.15) is 11.3 Å². The van der Waals surface area contributed by atoms with Crippen LogP contribution in [0.4, 0.5) is 8.78 Å². The van der Waals surface area contributed by atoms with E-state index >= 15 is 0 Å². The molecular weight excluding hydrogens is 274 g/mol. The number of rotatable bonds is 8. The largest absolute Gasteiger partial charge is 0.432 e. The molecule has 1 atom stereocenters. The molecule has 5 heteroatoms. The summed E-state index contributed by atoms with van der Waals surface area (Å²) in [7, 11) is 0. The Morgan fingerprint density at radius 1 is 1.19 bits per heavy atom. The van der Waals surface area contributed by atoms with Crippen LogP contribution in [0.1, 0.15) is 57.7 Å². The summed E-state index contributed by atoms with van der Waals surface area (Å²) in [5, 5.41) is 0. The summed E-state index contributed by atoms with van der Waals surface area (Å²) in [6, 6.07) is 5.07. The molecule has 0 fully saturated rings. The summed E-state index contributed by atoms with van der Waals surface area (Å²) < 4.78 is 29.4. The number of alkyl halides is 2. The highest BCUT2D eigenvalue weighted by molar-refractivity contribution is 5.81. The predicted octanol–water partition coefficient (Wildman–Crippen LogP) is 5.24. The van der Waals surface area contributed by atoms with E-state index in [4.69, 9.17) is 0 Å². The zero-order chi connectivity index (χ0) is 15.2. The van der Waals surface area contributed by atoms with Crippen LogP contribution in [-0.2, 0) is 0 Å². The van der Waals surface area contributed by atoms with Crippen molar-refractivity contribution in [1.29, 1.82) is 0 Å². The van der Waals surface area contributed by atoms with Gasteiger partial charge in [-0.05, 0) is 25.0 Å². The van der Waals surface area contributed by atoms with E-state index in [0.717, 1.165) is 43.4 Å². The van der Waals surface area contributed by atoms with Gasteiger partial charge in [-0.15, -0.1) is 0 Å². The van der Waals surface area contributed by atoms with E-state index in [-0.39, 0.29) is 5.75 Å². The van der Waals surface area contributed by atoms with Gasteiger partial charge in [-0.25, -0.2) is 4.98 Å². The van der Waals surface area contributed by atoms with Gasteiger partial charge in [0.05, 0.1) is 5.52 Å². The Balaban J connectivity index is 2.31. The number of aromatic nitrogens is 2. The van der Waals surface area contributed by atoms with Crippen molar-refractivity contribution >= 4 is 11.0 Å². The first-order chi connectivity index (χ1) is 10.2. The smallest absolute Gasteiger partial charge is 0.387 e. The summed E-state index contributed by atoms with van der Waals surface area (Å²) in [6.07, 6.45) is 5.47. The number of unbranched alkanes of at least 4 members (excludes halogenated alkanes) is 1. The fourth-order valence-electron chi connectivity index (χ4n) is 2.63. The quantitative estimate of drug-likeness (QED) is 0.723. The molecule has 0 aliphatic heterocycles. The molecule has 2 aromatic rings. The average Bonchev–Trinajstić information content (AvgIpc) is 2.88. The topological polar surface area (TPSA) is 37.9 Å². The number of ether oxygens (including phenoxy) is 1. The van der Waals surface area contributed by atoms with Crippen molar-refractivity contribution in [2.24, 2.45) is 0 Å². The van der Waals surface area contributed by atoms with Crippen molar-refractivity contribution in [3.8, 4) is 5.75 Å². The molecule has 2 rings (SSSR count). The van der Waals surface area contributed by atoms with E-state index < -0.39 is 6.61 Å². The van der Waals surface area contributed by atoms with E-state index in [1.807, 2.05) is 6.07 Å². The van der Waals surface area contributed by atoms with Gasteiger partial charge in [0.25, 0.3) is 0 Å². The summed E-state index contributed by atoms with van der Waals surface area (Å²) in [5.74, 6) is 1.36. The lowest BCUT2D eigenvalue weighted by molar-refractivity contribution is -0.0489. The Hall–Kier alpha value is -1.65. The number of benzene rings is 1. The molecule has 116 valence electrons. The summed E-state index contributed by atoms with van der Waals surface area (Å²) in [5.41, 5.74) is 1.24. The Kier molecular flexibility index (Phi) is 5.53. The van der Waals surface area contributed by atoms with Crippen molar-refractivity contribution in [1.82, 2.24) is 9.97 Å². The SMILES string of the molecule is CCCCC(CCC)c1nc2c(OC(F)F)cccc2[nH]1. The molecule has 1 unspecified atom stereocenters. The molecule has 1 aromatic carbocycles. The predicted molar refractivity (Wildman–Crippen MR) is 79.9 cm³/mol. The zero-order valence-corrected chi connectivity index (χ0v) is 12.5. The minimum absolute atomic E-state index is 0.135. The summed E-state index contributed by atoms with van der Waals surface area (Å²) >= 11 is 0. The molecule has 3 nitrogen and oxygen atoms in total. The van der Waals surface area contributed by atoms with Crippen LogP contribution >= 0.6 is 0 Å². The molecule has 0 amide bonds. The first kappa shape index (κ1) is 15.7. The first-order valence-corrected chi connectivity index (χ1v) is 7.59. The molecule has 0 aliphatic rings. The van der Waals surface area contributed by atoms with Crippen LogP contribution in [0.2, 0.25) is 0 Å². The van der Waals surface area contributed by atoms with Crippen LogP contribution in [-0.4, -0.2) is 16.6 Å². The van der Waals surface area contributed by atoms with Crippen molar-refractivity contribution in [2.75, 3.05) is 0 Å². The van der Waals surface area contributed by atoms with Gasteiger partial charge in [-0.1, -0.05) is 39.2 Å². The third-order valence-corrected chi connectivity index (χ3v) is 3.64. The minimum Gasteiger partial charge on any atom is -0.432 e. The van der Waals surface area contributed by atoms with Crippen LogP contribution in [0.15, 0.2) is 18.2 Å². The van der Waals surface area contributed by atoms with Crippen molar-refractivity contribution in [3.63, 3.8) is 0 Å². The molecular formula is C16H22F2N2O. The normalized spacial score (nSPS) is 13.0. The van der Waals surface area contributed by atoms with Gasteiger partial charge < -0.3 is 9.72 Å². The van der Waals surface area contributed by atoms with Gasteiger partial charge in [0.15, 0.2) is 5.75 Å². The van der Waals surface area contributed by atoms with Gasteiger partial charge in [0.2, 0.25) is 0 Å². The molecule has 0 radical (unpaired) electrons. The van der Waals surface area contributed by atoms with Gasteiger partial charge in [-0.2, -0.15) is 8.78 Å². The molecule has 21 heavy (non-hydrogen) atoms. The molecule has 1 aromatic heterocycles. The zero-order valence-electron chi connectivity index (χ0n) is 12.5. The summed E-state index contributed by atoms with van der Waals surface area (Å²) in [6.45, 7) is 1.48. The third-order valence-electron chi connectivity index (χ3n) is 3.64. The number of aromatic amines is 1. The van der Waals surface area contributed by atoms with Crippen molar-refractivity contribution < 1.29 is 13.5 Å². The van der Waals surface area contributed by atoms with E-state index in [1.54, 1.807) is 6.07 Å². The number of halogens is 2. The fourth-order valence-corrected chi connectivity index (χ4v) is 2.63. The van der Waals surface area contributed by atoms with Gasteiger partial charge >= 0.3 is 6.61 Å². The van der Waals surface area contributed by atoms with Crippen molar-refractivity contribution in [2.45, 2.75) is 58.5 Å². The van der Waals surface area contributed by atoms with Crippen LogP contribution in [0.3, 0.4) is 0 Å². The maximum atomic E-state index is 12.4. The van der Waals surface area contributed by atoms with E-state index in [2.05, 4.69) is 28.6 Å². The lowest BCUT2D eigenvalue weighted by Crippen LogP contribution is -2.02. The molecule has 0 saturated heterocycles. The number of hydrogen-bond donors (Lipinski definition) is 1. The minimum atomic E-state index is -2.83. The third kappa shape index (κ3) is 3.93. The second kappa shape index (κ2) is 7.38. The Morgan fingerprint density at radius 3 is 2.67 bits per heavy atom. The first-order valence-electron chi connectivity index (χ1n) is 7.59. The number of para-hydroxylation sites is 1. The molecule has 0 saturated carbocycles. The number of nitrogens with zero attached hydrogens (tertiary/aromatic N) is 1. The maximum absolute atomic E-state index is 12.4.